The predicted molar refractivity (Wildman–Crippen MR) is 112 cm³/mol. The SMILES string of the molecule is Cc1cc(S(=O)(=O)Nc2ccc(-c3ccc(Cl)cc3Cl)cn2)c(Cl)cc1Cl. The lowest BCUT2D eigenvalue weighted by atomic mass is 10.1. The summed E-state index contributed by atoms with van der Waals surface area (Å²) in [6, 6.07) is 11.1. The van der Waals surface area contributed by atoms with E-state index in [1.165, 1.54) is 24.4 Å². The van der Waals surface area contributed by atoms with E-state index in [2.05, 4.69) is 9.71 Å². The quantitative estimate of drug-likeness (QED) is 0.484. The molecular weight excluding hydrogens is 450 g/mol. The summed E-state index contributed by atoms with van der Waals surface area (Å²) >= 11 is 24.1. The van der Waals surface area contributed by atoms with Crippen molar-refractivity contribution in [1.82, 2.24) is 4.98 Å². The van der Waals surface area contributed by atoms with Gasteiger partial charge in [-0.1, -0.05) is 52.5 Å². The highest BCUT2D eigenvalue weighted by Gasteiger charge is 2.20. The summed E-state index contributed by atoms with van der Waals surface area (Å²) in [6.45, 7) is 1.70. The molecule has 4 nitrogen and oxygen atoms in total. The van der Waals surface area contributed by atoms with Gasteiger partial charge in [-0.2, -0.15) is 0 Å². The summed E-state index contributed by atoms with van der Waals surface area (Å²) in [5.74, 6) is 0.146. The second kappa shape index (κ2) is 7.86. The molecule has 0 atom stereocenters. The van der Waals surface area contributed by atoms with Crippen LogP contribution >= 0.6 is 46.4 Å². The van der Waals surface area contributed by atoms with Crippen molar-refractivity contribution in [3.05, 3.63) is 74.3 Å². The van der Waals surface area contributed by atoms with Crippen LogP contribution < -0.4 is 4.72 Å². The van der Waals surface area contributed by atoms with Gasteiger partial charge in [0.15, 0.2) is 0 Å². The molecule has 0 spiro atoms. The van der Waals surface area contributed by atoms with E-state index in [1.807, 2.05) is 0 Å². The molecule has 27 heavy (non-hydrogen) atoms. The topological polar surface area (TPSA) is 59.1 Å². The van der Waals surface area contributed by atoms with Crippen molar-refractivity contribution in [1.29, 1.82) is 0 Å². The van der Waals surface area contributed by atoms with Crippen molar-refractivity contribution in [2.24, 2.45) is 0 Å². The lowest BCUT2D eigenvalue weighted by molar-refractivity contribution is 0.601. The largest absolute Gasteiger partial charge is 0.264 e. The standard InChI is InChI=1S/C18H12Cl4N2O2S/c1-10-6-17(16(22)8-14(10)20)27(25,26)24-18-5-2-11(9-23-18)13-4-3-12(19)7-15(13)21/h2-9H,1H3,(H,23,24). The number of rotatable bonds is 4. The van der Waals surface area contributed by atoms with Crippen LogP contribution in [0.3, 0.4) is 0 Å². The molecule has 9 heteroatoms. The smallest absolute Gasteiger partial charge is 0.263 e. The zero-order valence-electron chi connectivity index (χ0n) is 13.8. The third-order valence-electron chi connectivity index (χ3n) is 3.75. The molecule has 0 saturated carbocycles. The van der Waals surface area contributed by atoms with Crippen LogP contribution in [0.4, 0.5) is 5.82 Å². The Morgan fingerprint density at radius 2 is 1.63 bits per heavy atom. The maximum Gasteiger partial charge on any atom is 0.264 e. The number of nitrogens with zero attached hydrogens (tertiary/aromatic N) is 1. The van der Waals surface area contributed by atoms with Crippen LogP contribution in [0, 0.1) is 6.92 Å². The monoisotopic (exact) mass is 460 g/mol. The zero-order valence-corrected chi connectivity index (χ0v) is 17.6. The second-order valence-electron chi connectivity index (χ2n) is 5.69. The van der Waals surface area contributed by atoms with Crippen molar-refractivity contribution in [2.75, 3.05) is 4.72 Å². The van der Waals surface area contributed by atoms with Gasteiger partial charge in [0.1, 0.15) is 10.7 Å². The van der Waals surface area contributed by atoms with Gasteiger partial charge in [0.05, 0.1) is 5.02 Å². The van der Waals surface area contributed by atoms with Crippen LogP contribution in [0.1, 0.15) is 5.56 Å². The fourth-order valence-electron chi connectivity index (χ4n) is 2.37. The molecule has 3 rings (SSSR count). The number of aromatic nitrogens is 1. The molecule has 0 aliphatic rings. The summed E-state index contributed by atoms with van der Waals surface area (Å²) in [7, 11) is -3.92. The summed E-state index contributed by atoms with van der Waals surface area (Å²) in [6.07, 6.45) is 1.52. The number of sulfonamides is 1. The average Bonchev–Trinajstić information content (AvgIpc) is 2.58. The highest BCUT2D eigenvalue weighted by molar-refractivity contribution is 7.92. The molecule has 1 aromatic heterocycles. The van der Waals surface area contributed by atoms with Crippen LogP contribution in [0.25, 0.3) is 11.1 Å². The average molecular weight is 462 g/mol. The Labute approximate surface area is 177 Å². The maximum absolute atomic E-state index is 12.6. The zero-order chi connectivity index (χ0) is 19.8. The summed E-state index contributed by atoms with van der Waals surface area (Å²) in [5.41, 5.74) is 2.06. The van der Waals surface area contributed by atoms with Crippen LogP contribution in [-0.2, 0) is 10.0 Å². The van der Waals surface area contributed by atoms with Gasteiger partial charge in [0, 0.05) is 32.4 Å². The summed E-state index contributed by atoms with van der Waals surface area (Å²) < 4.78 is 27.6. The second-order valence-corrected chi connectivity index (χ2v) is 9.00. The van der Waals surface area contributed by atoms with Crippen LogP contribution in [0.5, 0.6) is 0 Å². The molecule has 0 aliphatic carbocycles. The van der Waals surface area contributed by atoms with Crippen molar-refractivity contribution >= 4 is 62.2 Å². The summed E-state index contributed by atoms with van der Waals surface area (Å²) in [4.78, 5) is 4.08. The minimum atomic E-state index is -3.92. The fourth-order valence-corrected chi connectivity index (χ4v) is 4.73. The predicted octanol–water partition coefficient (Wildman–Crippen LogP) is 6.47. The Hall–Kier alpha value is -1.50. The third-order valence-corrected chi connectivity index (χ3v) is 6.52. The number of benzene rings is 2. The van der Waals surface area contributed by atoms with Gasteiger partial charge < -0.3 is 0 Å². The van der Waals surface area contributed by atoms with Gasteiger partial charge in [-0.15, -0.1) is 0 Å². The number of pyridine rings is 1. The highest BCUT2D eigenvalue weighted by atomic mass is 35.5. The number of nitrogens with one attached hydrogen (secondary N) is 1. The molecule has 3 aromatic rings. The molecule has 0 radical (unpaired) electrons. The van der Waals surface area contributed by atoms with Gasteiger partial charge >= 0.3 is 0 Å². The molecule has 0 bridgehead atoms. The summed E-state index contributed by atoms with van der Waals surface area (Å²) in [5, 5.41) is 1.42. The highest BCUT2D eigenvalue weighted by Crippen LogP contribution is 2.31. The van der Waals surface area contributed by atoms with Crippen LogP contribution in [0.15, 0.2) is 53.6 Å². The Morgan fingerprint density at radius 1 is 0.889 bits per heavy atom. The van der Waals surface area contributed by atoms with Crippen molar-refractivity contribution < 1.29 is 8.42 Å². The number of halogens is 4. The van der Waals surface area contributed by atoms with Gasteiger partial charge in [-0.25, -0.2) is 13.4 Å². The first-order chi connectivity index (χ1) is 12.7. The van der Waals surface area contributed by atoms with E-state index in [9.17, 15) is 8.42 Å². The molecule has 1 heterocycles. The normalized spacial score (nSPS) is 11.4. The molecule has 0 aliphatic heterocycles. The van der Waals surface area contributed by atoms with Crippen molar-refractivity contribution in [2.45, 2.75) is 11.8 Å². The Morgan fingerprint density at radius 3 is 2.26 bits per heavy atom. The van der Waals surface area contributed by atoms with Crippen LogP contribution in [-0.4, -0.2) is 13.4 Å². The first-order valence-corrected chi connectivity index (χ1v) is 10.6. The van der Waals surface area contributed by atoms with E-state index in [0.717, 1.165) is 11.1 Å². The van der Waals surface area contributed by atoms with Crippen molar-refractivity contribution in [3.8, 4) is 11.1 Å². The fraction of sp³-hybridized carbons (Fsp3) is 0.0556. The van der Waals surface area contributed by atoms with Crippen LogP contribution in [0.2, 0.25) is 20.1 Å². The van der Waals surface area contributed by atoms with E-state index in [-0.39, 0.29) is 15.7 Å². The van der Waals surface area contributed by atoms with Gasteiger partial charge in [-0.3, -0.25) is 4.72 Å². The molecule has 2 aromatic carbocycles. The minimum absolute atomic E-state index is 0.0302. The first-order valence-electron chi connectivity index (χ1n) is 7.57. The minimum Gasteiger partial charge on any atom is -0.263 e. The third kappa shape index (κ3) is 4.50. The Balaban J connectivity index is 1.89. The van der Waals surface area contributed by atoms with E-state index in [0.29, 0.717) is 20.6 Å². The lowest BCUT2D eigenvalue weighted by Gasteiger charge is -2.11. The Bertz CT molecular complexity index is 1120. The lowest BCUT2D eigenvalue weighted by Crippen LogP contribution is -2.14. The van der Waals surface area contributed by atoms with E-state index in [1.54, 1.807) is 31.2 Å². The van der Waals surface area contributed by atoms with E-state index >= 15 is 0 Å². The molecule has 140 valence electrons. The molecule has 1 N–H and O–H groups in total. The van der Waals surface area contributed by atoms with E-state index in [4.69, 9.17) is 46.4 Å². The molecular formula is C18H12Cl4N2O2S. The van der Waals surface area contributed by atoms with Gasteiger partial charge in [-0.05, 0) is 48.9 Å². The Kier molecular flexibility index (Phi) is 5.89. The number of aryl methyl sites for hydroxylation is 1. The van der Waals surface area contributed by atoms with E-state index < -0.39 is 10.0 Å². The first kappa shape index (κ1) is 20.2. The number of hydrogen-bond donors (Lipinski definition) is 1. The number of anilines is 1. The molecule has 0 fully saturated rings. The molecule has 0 unspecified atom stereocenters. The van der Waals surface area contributed by atoms with Gasteiger partial charge in [0.2, 0.25) is 0 Å². The van der Waals surface area contributed by atoms with Gasteiger partial charge in [0.25, 0.3) is 10.0 Å². The molecule has 0 amide bonds. The molecule has 0 saturated heterocycles. The number of hydrogen-bond acceptors (Lipinski definition) is 3. The van der Waals surface area contributed by atoms with Crippen molar-refractivity contribution in [3.63, 3.8) is 0 Å². The maximum atomic E-state index is 12.6.